The molecule has 1 nitrogen and oxygen atoms in total. The Morgan fingerprint density at radius 3 is 2.42 bits per heavy atom. The van der Waals surface area contributed by atoms with Crippen LogP contribution in [-0.4, -0.2) is 4.98 Å². The smallest absolute Gasteiger partial charge is 0.0708 e. The summed E-state index contributed by atoms with van der Waals surface area (Å²) >= 11 is 3.54. The van der Waals surface area contributed by atoms with E-state index < -0.39 is 0 Å². The molecule has 0 atom stereocenters. The number of aromatic nitrogens is 1. The maximum atomic E-state index is 4.62. The minimum Gasteiger partial charge on any atom is -0.256 e. The molecule has 0 spiro atoms. The summed E-state index contributed by atoms with van der Waals surface area (Å²) < 4.78 is 1.06. The highest BCUT2D eigenvalue weighted by atomic mass is 79.9. The van der Waals surface area contributed by atoms with Crippen LogP contribution in [0, 0.1) is 6.92 Å². The molecule has 4 aromatic rings. The van der Waals surface area contributed by atoms with Crippen LogP contribution in [0.15, 0.2) is 83.5 Å². The number of halogens is 1. The molecule has 0 aliphatic rings. The summed E-state index contributed by atoms with van der Waals surface area (Å²) in [5.41, 5.74) is 5.75. The van der Waals surface area contributed by atoms with Gasteiger partial charge >= 0.3 is 0 Å². The van der Waals surface area contributed by atoms with Crippen LogP contribution < -0.4 is 0 Å². The van der Waals surface area contributed by atoms with Crippen LogP contribution in [0.2, 0.25) is 0 Å². The lowest BCUT2D eigenvalue weighted by molar-refractivity contribution is 1.27. The summed E-state index contributed by atoms with van der Waals surface area (Å²) in [4.78, 5) is 4.62. The van der Waals surface area contributed by atoms with Gasteiger partial charge in [-0.3, -0.25) is 4.98 Å². The lowest BCUT2D eigenvalue weighted by Gasteiger charge is -2.10. The van der Waals surface area contributed by atoms with Gasteiger partial charge in [0.05, 0.1) is 5.69 Å². The first kappa shape index (κ1) is 15.1. The third-order valence-corrected chi connectivity index (χ3v) is 4.78. The van der Waals surface area contributed by atoms with Gasteiger partial charge in [0.25, 0.3) is 0 Å². The summed E-state index contributed by atoms with van der Waals surface area (Å²) in [6, 6.07) is 25.5. The third kappa shape index (κ3) is 2.85. The quantitative estimate of drug-likeness (QED) is 0.383. The van der Waals surface area contributed by atoms with Gasteiger partial charge in [0.1, 0.15) is 0 Å². The van der Waals surface area contributed by atoms with E-state index in [0.717, 1.165) is 15.7 Å². The van der Waals surface area contributed by atoms with Crippen LogP contribution in [0.1, 0.15) is 5.56 Å². The highest BCUT2D eigenvalue weighted by molar-refractivity contribution is 9.10. The van der Waals surface area contributed by atoms with Crippen LogP contribution in [0.4, 0.5) is 0 Å². The summed E-state index contributed by atoms with van der Waals surface area (Å²) in [5, 5.41) is 2.52. The molecule has 0 bridgehead atoms. The van der Waals surface area contributed by atoms with E-state index in [1.54, 1.807) is 0 Å². The van der Waals surface area contributed by atoms with Crippen LogP contribution in [0.3, 0.4) is 0 Å². The first-order valence-corrected chi connectivity index (χ1v) is 8.72. The normalized spacial score (nSPS) is 10.9. The number of rotatable bonds is 2. The number of pyridine rings is 1. The van der Waals surface area contributed by atoms with Crippen molar-refractivity contribution in [1.29, 1.82) is 0 Å². The van der Waals surface area contributed by atoms with Crippen LogP contribution in [0.25, 0.3) is 33.2 Å². The Balaban J connectivity index is 1.86. The Morgan fingerprint density at radius 1 is 0.750 bits per heavy atom. The van der Waals surface area contributed by atoms with E-state index in [1.165, 1.54) is 27.5 Å². The van der Waals surface area contributed by atoms with Crippen LogP contribution >= 0.6 is 15.9 Å². The largest absolute Gasteiger partial charge is 0.256 e. The molecule has 2 heteroatoms. The van der Waals surface area contributed by atoms with Gasteiger partial charge in [-0.05, 0) is 58.7 Å². The number of aryl methyl sites for hydroxylation is 1. The van der Waals surface area contributed by atoms with Crippen molar-refractivity contribution in [1.82, 2.24) is 4.98 Å². The average Bonchev–Trinajstić information content (AvgIpc) is 2.62. The molecule has 0 radical (unpaired) electrons. The maximum absolute atomic E-state index is 4.62. The standard InChI is InChI=1S/C22H16BrN/c1-15-14-24-22(19-7-4-8-20(23)12-19)13-21(15)18-10-9-16-5-2-3-6-17(16)11-18/h2-14H,1H3. The Morgan fingerprint density at radius 2 is 1.58 bits per heavy atom. The van der Waals surface area contributed by atoms with Crippen molar-refractivity contribution in [3.05, 3.63) is 89.0 Å². The minimum atomic E-state index is 0.991. The second kappa shape index (κ2) is 6.21. The second-order valence-electron chi connectivity index (χ2n) is 5.96. The molecule has 0 amide bonds. The Bertz CT molecular complexity index is 1040. The zero-order valence-corrected chi connectivity index (χ0v) is 14.9. The molecule has 4 rings (SSSR count). The second-order valence-corrected chi connectivity index (χ2v) is 6.87. The van der Waals surface area contributed by atoms with Gasteiger partial charge in [-0.2, -0.15) is 0 Å². The molecule has 0 aliphatic heterocycles. The lowest BCUT2D eigenvalue weighted by Crippen LogP contribution is -1.90. The molecule has 0 saturated heterocycles. The van der Waals surface area contributed by atoms with E-state index in [-0.39, 0.29) is 0 Å². The zero-order chi connectivity index (χ0) is 16.5. The van der Waals surface area contributed by atoms with E-state index in [4.69, 9.17) is 0 Å². The number of fused-ring (bicyclic) bond motifs is 1. The van der Waals surface area contributed by atoms with Crippen molar-refractivity contribution < 1.29 is 0 Å². The molecule has 0 unspecified atom stereocenters. The Kier molecular flexibility index (Phi) is 3.91. The predicted molar refractivity (Wildman–Crippen MR) is 105 cm³/mol. The molecule has 0 saturated carbocycles. The number of hydrogen-bond donors (Lipinski definition) is 0. The van der Waals surface area contributed by atoms with Gasteiger partial charge in [-0.25, -0.2) is 0 Å². The molecule has 3 aromatic carbocycles. The fraction of sp³-hybridized carbons (Fsp3) is 0.0455. The molecule has 0 aliphatic carbocycles. The molecule has 1 aromatic heterocycles. The van der Waals surface area contributed by atoms with Crippen molar-refractivity contribution in [2.24, 2.45) is 0 Å². The van der Waals surface area contributed by atoms with Crippen molar-refractivity contribution in [2.45, 2.75) is 6.92 Å². The van der Waals surface area contributed by atoms with E-state index in [9.17, 15) is 0 Å². The SMILES string of the molecule is Cc1cnc(-c2cccc(Br)c2)cc1-c1ccc2ccccc2c1. The topological polar surface area (TPSA) is 12.9 Å². The van der Waals surface area contributed by atoms with Gasteiger partial charge < -0.3 is 0 Å². The van der Waals surface area contributed by atoms with Crippen molar-refractivity contribution >= 4 is 26.7 Å². The molecule has 116 valence electrons. The number of nitrogens with zero attached hydrogens (tertiary/aromatic N) is 1. The summed E-state index contributed by atoms with van der Waals surface area (Å²) in [6.07, 6.45) is 1.96. The highest BCUT2D eigenvalue weighted by Crippen LogP contribution is 2.30. The fourth-order valence-corrected chi connectivity index (χ4v) is 3.40. The fourth-order valence-electron chi connectivity index (χ4n) is 3.00. The van der Waals surface area contributed by atoms with Gasteiger partial charge in [0, 0.05) is 16.2 Å². The number of benzene rings is 3. The van der Waals surface area contributed by atoms with Crippen molar-refractivity contribution in [3.8, 4) is 22.4 Å². The summed E-state index contributed by atoms with van der Waals surface area (Å²) in [6.45, 7) is 2.11. The Hall–Kier alpha value is -2.45. The van der Waals surface area contributed by atoms with E-state index in [0.29, 0.717) is 0 Å². The summed E-state index contributed by atoms with van der Waals surface area (Å²) in [7, 11) is 0. The van der Waals surface area contributed by atoms with E-state index in [1.807, 2.05) is 18.3 Å². The van der Waals surface area contributed by atoms with Gasteiger partial charge in [0.2, 0.25) is 0 Å². The van der Waals surface area contributed by atoms with Crippen LogP contribution in [-0.2, 0) is 0 Å². The van der Waals surface area contributed by atoms with Gasteiger partial charge in [-0.1, -0.05) is 64.5 Å². The molecule has 1 heterocycles. The molecule has 0 fully saturated rings. The predicted octanol–water partition coefficient (Wildman–Crippen LogP) is 6.64. The molecular formula is C22H16BrN. The number of hydrogen-bond acceptors (Lipinski definition) is 1. The summed E-state index contributed by atoms with van der Waals surface area (Å²) in [5.74, 6) is 0. The molecular weight excluding hydrogens is 358 g/mol. The first-order valence-electron chi connectivity index (χ1n) is 7.92. The van der Waals surface area contributed by atoms with E-state index in [2.05, 4.69) is 88.5 Å². The van der Waals surface area contributed by atoms with Crippen molar-refractivity contribution in [3.63, 3.8) is 0 Å². The Labute approximate surface area is 150 Å². The molecule has 24 heavy (non-hydrogen) atoms. The monoisotopic (exact) mass is 373 g/mol. The van der Waals surface area contributed by atoms with Gasteiger partial charge in [-0.15, -0.1) is 0 Å². The third-order valence-electron chi connectivity index (χ3n) is 4.28. The first-order chi connectivity index (χ1) is 11.7. The van der Waals surface area contributed by atoms with Crippen LogP contribution in [0.5, 0.6) is 0 Å². The minimum absolute atomic E-state index is 0.991. The van der Waals surface area contributed by atoms with Gasteiger partial charge in [0.15, 0.2) is 0 Å². The lowest BCUT2D eigenvalue weighted by atomic mass is 9.97. The average molecular weight is 374 g/mol. The van der Waals surface area contributed by atoms with E-state index >= 15 is 0 Å². The van der Waals surface area contributed by atoms with Crippen molar-refractivity contribution in [2.75, 3.05) is 0 Å². The highest BCUT2D eigenvalue weighted by Gasteiger charge is 2.07. The zero-order valence-electron chi connectivity index (χ0n) is 13.3. The molecule has 0 N–H and O–H groups in total. The maximum Gasteiger partial charge on any atom is 0.0708 e.